The van der Waals surface area contributed by atoms with Crippen LogP contribution in [0.3, 0.4) is 0 Å². The summed E-state index contributed by atoms with van der Waals surface area (Å²) >= 11 is 0. The van der Waals surface area contributed by atoms with Gasteiger partial charge in [0.2, 0.25) is 0 Å². The van der Waals surface area contributed by atoms with E-state index in [-0.39, 0.29) is 0 Å². The lowest BCUT2D eigenvalue weighted by Crippen LogP contribution is -2.36. The van der Waals surface area contributed by atoms with Crippen LogP contribution in [0, 0.1) is 0 Å². The summed E-state index contributed by atoms with van der Waals surface area (Å²) in [4.78, 5) is 2.49. The Morgan fingerprint density at radius 2 is 1.81 bits per heavy atom. The highest BCUT2D eigenvalue weighted by Gasteiger charge is 2.09. The van der Waals surface area contributed by atoms with Crippen molar-refractivity contribution in [3.05, 3.63) is 23.3 Å². The minimum absolute atomic E-state index is 0.903. The topological polar surface area (TPSA) is 12.5 Å². The first-order chi connectivity index (χ1) is 7.68. The van der Waals surface area contributed by atoms with Gasteiger partial charge in [-0.1, -0.05) is 23.3 Å². The lowest BCUT2D eigenvalue weighted by atomic mass is 10.1. The highest BCUT2D eigenvalue weighted by atomic mass is 16.5. The lowest BCUT2D eigenvalue weighted by molar-refractivity contribution is 0.0384. The van der Waals surface area contributed by atoms with Gasteiger partial charge in [-0.2, -0.15) is 0 Å². The van der Waals surface area contributed by atoms with Gasteiger partial charge in [-0.3, -0.25) is 4.90 Å². The molecule has 0 N–H and O–H groups in total. The van der Waals surface area contributed by atoms with Gasteiger partial charge >= 0.3 is 0 Å². The first kappa shape index (κ1) is 13.5. The zero-order chi connectivity index (χ0) is 11.8. The molecule has 0 atom stereocenters. The van der Waals surface area contributed by atoms with Crippen LogP contribution in [0.1, 0.15) is 33.6 Å². The molecule has 0 radical (unpaired) electrons. The van der Waals surface area contributed by atoms with Gasteiger partial charge in [-0.25, -0.2) is 0 Å². The highest BCUT2D eigenvalue weighted by Crippen LogP contribution is 2.06. The highest BCUT2D eigenvalue weighted by molar-refractivity contribution is 5.05. The second-order valence-corrected chi connectivity index (χ2v) is 4.77. The van der Waals surface area contributed by atoms with E-state index in [9.17, 15) is 0 Å². The van der Waals surface area contributed by atoms with Crippen LogP contribution in [-0.4, -0.2) is 37.7 Å². The Balaban J connectivity index is 2.17. The molecule has 0 amide bonds. The van der Waals surface area contributed by atoms with Crippen molar-refractivity contribution in [2.45, 2.75) is 33.6 Å². The van der Waals surface area contributed by atoms with Crippen molar-refractivity contribution in [2.75, 3.05) is 32.8 Å². The Morgan fingerprint density at radius 3 is 2.44 bits per heavy atom. The molecule has 1 aliphatic rings. The molecule has 92 valence electrons. The molecule has 0 saturated carbocycles. The molecule has 1 fully saturated rings. The summed E-state index contributed by atoms with van der Waals surface area (Å²) in [5.74, 6) is 0. The van der Waals surface area contributed by atoms with E-state index < -0.39 is 0 Å². The van der Waals surface area contributed by atoms with E-state index in [0.29, 0.717) is 0 Å². The van der Waals surface area contributed by atoms with Crippen LogP contribution < -0.4 is 0 Å². The maximum absolute atomic E-state index is 5.33. The first-order valence-electron chi connectivity index (χ1n) is 6.27. The molecule has 0 aromatic carbocycles. The number of morpholine rings is 1. The predicted molar refractivity (Wildman–Crippen MR) is 69.7 cm³/mol. The molecule has 1 saturated heterocycles. The largest absolute Gasteiger partial charge is 0.379 e. The Kier molecular flexibility index (Phi) is 6.43. The normalized spacial score (nSPS) is 18.6. The second kappa shape index (κ2) is 7.64. The minimum Gasteiger partial charge on any atom is -0.379 e. The molecule has 1 heterocycles. The fourth-order valence-electron chi connectivity index (χ4n) is 1.76. The molecule has 2 heteroatoms. The fourth-order valence-corrected chi connectivity index (χ4v) is 1.76. The van der Waals surface area contributed by atoms with Crippen molar-refractivity contribution in [1.29, 1.82) is 0 Å². The number of nitrogens with zero attached hydrogens (tertiary/aromatic N) is 1. The van der Waals surface area contributed by atoms with E-state index in [1.54, 1.807) is 0 Å². The molecular formula is C14H25NO. The van der Waals surface area contributed by atoms with Gasteiger partial charge in [-0.05, 0) is 33.6 Å². The molecule has 2 nitrogen and oxygen atoms in total. The quantitative estimate of drug-likeness (QED) is 0.664. The van der Waals surface area contributed by atoms with Gasteiger partial charge in [0.1, 0.15) is 0 Å². The van der Waals surface area contributed by atoms with Crippen LogP contribution in [0.5, 0.6) is 0 Å². The smallest absolute Gasteiger partial charge is 0.0594 e. The predicted octanol–water partition coefficient (Wildman–Crippen LogP) is 3.01. The number of hydrogen-bond acceptors (Lipinski definition) is 2. The SMILES string of the molecule is CC(C)=CC/C=C(\C)CCN1CCOCC1. The van der Waals surface area contributed by atoms with Gasteiger partial charge in [-0.15, -0.1) is 0 Å². The third kappa shape index (κ3) is 6.09. The first-order valence-corrected chi connectivity index (χ1v) is 6.27. The zero-order valence-electron chi connectivity index (χ0n) is 11.0. The van der Waals surface area contributed by atoms with Gasteiger partial charge in [0.15, 0.2) is 0 Å². The third-order valence-corrected chi connectivity index (χ3v) is 2.92. The van der Waals surface area contributed by atoms with Crippen LogP contribution in [0.2, 0.25) is 0 Å². The van der Waals surface area contributed by atoms with Crippen molar-refractivity contribution in [3.63, 3.8) is 0 Å². The van der Waals surface area contributed by atoms with Crippen LogP contribution in [0.25, 0.3) is 0 Å². The van der Waals surface area contributed by atoms with E-state index >= 15 is 0 Å². The van der Waals surface area contributed by atoms with E-state index in [1.165, 1.54) is 24.1 Å². The van der Waals surface area contributed by atoms with Gasteiger partial charge in [0.25, 0.3) is 0 Å². The Hall–Kier alpha value is -0.600. The van der Waals surface area contributed by atoms with Crippen molar-refractivity contribution in [3.8, 4) is 0 Å². The number of allylic oxidation sites excluding steroid dienone is 3. The van der Waals surface area contributed by atoms with Crippen molar-refractivity contribution in [1.82, 2.24) is 4.90 Å². The number of hydrogen-bond donors (Lipinski definition) is 0. The third-order valence-electron chi connectivity index (χ3n) is 2.92. The summed E-state index contributed by atoms with van der Waals surface area (Å²) in [6.45, 7) is 11.7. The van der Waals surface area contributed by atoms with E-state index in [0.717, 1.165) is 32.7 Å². The molecule has 1 rings (SSSR count). The summed E-state index contributed by atoms with van der Waals surface area (Å²) in [6.07, 6.45) is 6.89. The van der Waals surface area contributed by atoms with Crippen LogP contribution in [0.15, 0.2) is 23.3 Å². The molecule has 0 aliphatic carbocycles. The maximum atomic E-state index is 5.33. The molecule has 0 spiro atoms. The van der Waals surface area contributed by atoms with Crippen LogP contribution in [-0.2, 0) is 4.74 Å². The molecular weight excluding hydrogens is 198 g/mol. The van der Waals surface area contributed by atoms with Gasteiger partial charge in [0.05, 0.1) is 13.2 Å². The molecule has 0 aromatic rings. The number of rotatable bonds is 5. The van der Waals surface area contributed by atoms with E-state index in [4.69, 9.17) is 4.74 Å². The van der Waals surface area contributed by atoms with E-state index in [1.807, 2.05) is 0 Å². The summed E-state index contributed by atoms with van der Waals surface area (Å²) in [6, 6.07) is 0. The lowest BCUT2D eigenvalue weighted by Gasteiger charge is -2.26. The Morgan fingerprint density at radius 1 is 1.12 bits per heavy atom. The molecule has 1 aliphatic heterocycles. The maximum Gasteiger partial charge on any atom is 0.0594 e. The van der Waals surface area contributed by atoms with Crippen molar-refractivity contribution in [2.24, 2.45) is 0 Å². The van der Waals surface area contributed by atoms with Crippen LogP contribution in [0.4, 0.5) is 0 Å². The molecule has 0 unspecified atom stereocenters. The summed E-state index contributed by atoms with van der Waals surface area (Å²) in [7, 11) is 0. The molecule has 0 bridgehead atoms. The zero-order valence-corrected chi connectivity index (χ0v) is 11.0. The second-order valence-electron chi connectivity index (χ2n) is 4.77. The number of ether oxygens (including phenoxy) is 1. The van der Waals surface area contributed by atoms with Crippen molar-refractivity contribution >= 4 is 0 Å². The Labute approximate surface area is 100.0 Å². The minimum atomic E-state index is 0.903. The fraction of sp³-hybridized carbons (Fsp3) is 0.714. The average Bonchev–Trinajstić information content (AvgIpc) is 2.27. The Bertz CT molecular complexity index is 245. The van der Waals surface area contributed by atoms with Crippen LogP contribution >= 0.6 is 0 Å². The molecule has 0 aromatic heterocycles. The molecule has 16 heavy (non-hydrogen) atoms. The van der Waals surface area contributed by atoms with E-state index in [2.05, 4.69) is 37.8 Å². The van der Waals surface area contributed by atoms with Crippen molar-refractivity contribution < 1.29 is 4.74 Å². The summed E-state index contributed by atoms with van der Waals surface area (Å²) in [5, 5.41) is 0. The summed E-state index contributed by atoms with van der Waals surface area (Å²) in [5.41, 5.74) is 2.90. The van der Waals surface area contributed by atoms with Gasteiger partial charge < -0.3 is 4.74 Å². The monoisotopic (exact) mass is 223 g/mol. The van der Waals surface area contributed by atoms with Gasteiger partial charge in [0, 0.05) is 19.6 Å². The standard InChI is InChI=1S/C14H25NO/c1-13(2)5-4-6-14(3)7-8-15-9-11-16-12-10-15/h5-6H,4,7-12H2,1-3H3/b14-6+. The summed E-state index contributed by atoms with van der Waals surface area (Å²) < 4.78 is 5.33. The average molecular weight is 223 g/mol.